The van der Waals surface area contributed by atoms with Crippen molar-refractivity contribution in [3.8, 4) is 0 Å². The van der Waals surface area contributed by atoms with Crippen molar-refractivity contribution in [1.29, 1.82) is 0 Å². The van der Waals surface area contributed by atoms with Gasteiger partial charge in [-0.1, -0.05) is 30.3 Å². The van der Waals surface area contributed by atoms with Crippen LogP contribution in [-0.4, -0.2) is 44.6 Å². The molecule has 2 N–H and O–H groups in total. The maximum absolute atomic E-state index is 12.3. The Labute approximate surface area is 159 Å². The van der Waals surface area contributed by atoms with Crippen LogP contribution in [0.25, 0.3) is 0 Å². The Morgan fingerprint density at radius 1 is 1.30 bits per heavy atom. The number of aromatic nitrogens is 2. The van der Waals surface area contributed by atoms with Gasteiger partial charge in [0.2, 0.25) is 0 Å². The third-order valence-corrected chi connectivity index (χ3v) is 5.18. The van der Waals surface area contributed by atoms with Crippen LogP contribution in [0, 0.1) is 5.41 Å². The molecule has 144 valence electrons. The zero-order valence-electron chi connectivity index (χ0n) is 15.6. The zero-order chi connectivity index (χ0) is 19.3. The molecular weight excluding hydrogens is 344 g/mol. The van der Waals surface area contributed by atoms with Crippen LogP contribution in [0.4, 0.5) is 4.79 Å². The molecule has 1 aromatic heterocycles. The first kappa shape index (κ1) is 18.9. The smallest absolute Gasteiger partial charge is 0.317 e. The fraction of sp³-hybridized carbons (Fsp3) is 0.450. The molecule has 1 fully saturated rings. The highest BCUT2D eigenvalue weighted by molar-refractivity contribution is 5.79. The summed E-state index contributed by atoms with van der Waals surface area (Å²) in [6.45, 7) is 3.54. The molecule has 1 aliphatic heterocycles. The van der Waals surface area contributed by atoms with E-state index in [2.05, 4.69) is 27.0 Å². The Kier molecular flexibility index (Phi) is 5.78. The molecule has 0 bridgehead atoms. The fourth-order valence-electron chi connectivity index (χ4n) is 3.38. The molecule has 1 aromatic carbocycles. The molecule has 0 saturated carbocycles. The second-order valence-electron chi connectivity index (χ2n) is 7.32. The van der Waals surface area contributed by atoms with Crippen LogP contribution in [0.3, 0.4) is 0 Å². The fourth-order valence-corrected chi connectivity index (χ4v) is 3.38. The minimum atomic E-state index is -0.855. The highest BCUT2D eigenvalue weighted by atomic mass is 16.4. The number of amides is 2. The van der Waals surface area contributed by atoms with Gasteiger partial charge in [-0.2, -0.15) is 0 Å². The van der Waals surface area contributed by atoms with Crippen molar-refractivity contribution >= 4 is 12.0 Å². The Morgan fingerprint density at radius 2 is 2.07 bits per heavy atom. The molecule has 0 radical (unpaired) electrons. The van der Waals surface area contributed by atoms with Crippen LogP contribution in [0.5, 0.6) is 0 Å². The van der Waals surface area contributed by atoms with E-state index in [1.54, 1.807) is 18.0 Å². The van der Waals surface area contributed by atoms with E-state index in [9.17, 15) is 14.7 Å². The van der Waals surface area contributed by atoms with Gasteiger partial charge in [0.25, 0.3) is 0 Å². The summed E-state index contributed by atoms with van der Waals surface area (Å²) >= 11 is 0. The number of carboxylic acids is 1. The third kappa shape index (κ3) is 4.67. The van der Waals surface area contributed by atoms with Gasteiger partial charge in [-0.25, -0.2) is 9.78 Å². The number of likely N-dealkylation sites (tertiary alicyclic amines) is 1. The van der Waals surface area contributed by atoms with Crippen molar-refractivity contribution in [2.24, 2.45) is 5.41 Å². The monoisotopic (exact) mass is 370 g/mol. The molecule has 1 unspecified atom stereocenters. The number of carboxylic acid groups (broad SMARTS) is 1. The summed E-state index contributed by atoms with van der Waals surface area (Å²) in [5, 5.41) is 12.1. The van der Waals surface area contributed by atoms with Crippen molar-refractivity contribution in [2.45, 2.75) is 39.3 Å². The van der Waals surface area contributed by atoms with E-state index < -0.39 is 11.4 Å². The van der Waals surface area contributed by atoms with Crippen LogP contribution < -0.4 is 5.32 Å². The number of imidazole rings is 1. The number of carbonyl (C=O) groups is 2. The molecule has 1 saturated heterocycles. The molecule has 1 aliphatic rings. The highest BCUT2D eigenvalue weighted by Crippen LogP contribution is 2.29. The second kappa shape index (κ2) is 8.24. The van der Waals surface area contributed by atoms with Crippen molar-refractivity contribution in [1.82, 2.24) is 19.8 Å². The highest BCUT2D eigenvalue weighted by Gasteiger charge is 2.42. The SMILES string of the molecule is CC1(C(=O)O)CCN(C(=O)NCc2nccn2CCCc2ccccc2)C1. The Bertz CT molecular complexity index is 790. The normalized spacial score (nSPS) is 19.2. The van der Waals surface area contributed by atoms with Gasteiger partial charge in [0.15, 0.2) is 0 Å². The number of benzene rings is 1. The van der Waals surface area contributed by atoms with Crippen LogP contribution in [-0.2, 0) is 24.3 Å². The lowest BCUT2D eigenvalue weighted by Crippen LogP contribution is -2.41. The molecule has 2 heterocycles. The largest absolute Gasteiger partial charge is 0.481 e. The number of rotatable bonds is 7. The van der Waals surface area contributed by atoms with Crippen LogP contribution in [0.1, 0.15) is 31.2 Å². The predicted molar refractivity (Wildman–Crippen MR) is 101 cm³/mol. The second-order valence-corrected chi connectivity index (χ2v) is 7.32. The first-order chi connectivity index (χ1) is 13.0. The number of carbonyl (C=O) groups excluding carboxylic acids is 1. The van der Waals surface area contributed by atoms with E-state index in [1.807, 2.05) is 24.4 Å². The van der Waals surface area contributed by atoms with Crippen LogP contribution >= 0.6 is 0 Å². The molecule has 3 rings (SSSR count). The van der Waals surface area contributed by atoms with Gasteiger partial charge >= 0.3 is 12.0 Å². The first-order valence-electron chi connectivity index (χ1n) is 9.28. The van der Waals surface area contributed by atoms with E-state index in [0.29, 0.717) is 19.5 Å². The lowest BCUT2D eigenvalue weighted by molar-refractivity contribution is -0.147. The summed E-state index contributed by atoms with van der Waals surface area (Å²) in [6.07, 6.45) is 6.12. The number of nitrogens with zero attached hydrogens (tertiary/aromatic N) is 3. The van der Waals surface area contributed by atoms with E-state index in [4.69, 9.17) is 0 Å². The summed E-state index contributed by atoms with van der Waals surface area (Å²) in [5.41, 5.74) is 0.454. The van der Waals surface area contributed by atoms with E-state index >= 15 is 0 Å². The van der Waals surface area contributed by atoms with Gasteiger partial charge in [0, 0.05) is 32.0 Å². The summed E-state index contributed by atoms with van der Waals surface area (Å²) in [7, 11) is 0. The van der Waals surface area contributed by atoms with Crippen molar-refractivity contribution in [3.63, 3.8) is 0 Å². The van der Waals surface area contributed by atoms with Gasteiger partial charge in [-0.15, -0.1) is 0 Å². The number of hydrogen-bond acceptors (Lipinski definition) is 3. The van der Waals surface area contributed by atoms with Crippen molar-refractivity contribution < 1.29 is 14.7 Å². The summed E-state index contributed by atoms with van der Waals surface area (Å²) in [4.78, 5) is 29.6. The molecule has 2 amide bonds. The number of aryl methyl sites for hydroxylation is 2. The lowest BCUT2D eigenvalue weighted by atomic mass is 9.90. The van der Waals surface area contributed by atoms with Gasteiger partial charge in [-0.05, 0) is 31.7 Å². The maximum Gasteiger partial charge on any atom is 0.317 e. The Morgan fingerprint density at radius 3 is 2.78 bits per heavy atom. The number of urea groups is 1. The van der Waals surface area contributed by atoms with Gasteiger partial charge < -0.3 is 19.9 Å². The number of hydrogen-bond donors (Lipinski definition) is 2. The van der Waals surface area contributed by atoms with Crippen molar-refractivity contribution in [3.05, 3.63) is 54.1 Å². The van der Waals surface area contributed by atoms with Gasteiger partial charge in [-0.3, -0.25) is 4.79 Å². The van der Waals surface area contributed by atoms with Crippen LogP contribution in [0.15, 0.2) is 42.7 Å². The lowest BCUT2D eigenvalue weighted by Gasteiger charge is -2.20. The third-order valence-electron chi connectivity index (χ3n) is 5.18. The standard InChI is InChI=1S/C20H26N4O3/c1-20(18(25)26)9-12-24(15-20)19(27)22-14-17-21-10-13-23(17)11-5-8-16-6-3-2-4-7-16/h2-4,6-7,10,13H,5,8-9,11-12,14-15H2,1H3,(H,22,27)(H,25,26). The number of aliphatic carboxylic acids is 1. The molecule has 0 spiro atoms. The molecule has 7 heteroatoms. The average molecular weight is 370 g/mol. The van der Waals surface area contributed by atoms with E-state index in [1.165, 1.54) is 5.56 Å². The van der Waals surface area contributed by atoms with Gasteiger partial charge in [0.05, 0.1) is 12.0 Å². The minimum absolute atomic E-state index is 0.236. The van der Waals surface area contributed by atoms with E-state index in [-0.39, 0.29) is 12.6 Å². The van der Waals surface area contributed by atoms with Crippen LogP contribution in [0.2, 0.25) is 0 Å². The molecular formula is C20H26N4O3. The number of nitrogens with one attached hydrogen (secondary N) is 1. The average Bonchev–Trinajstić information content (AvgIpc) is 3.28. The zero-order valence-corrected chi connectivity index (χ0v) is 15.6. The minimum Gasteiger partial charge on any atom is -0.481 e. The Balaban J connectivity index is 1.47. The summed E-state index contributed by atoms with van der Waals surface area (Å²) in [6, 6.07) is 10.1. The topological polar surface area (TPSA) is 87.5 Å². The molecule has 27 heavy (non-hydrogen) atoms. The van der Waals surface area contributed by atoms with Crippen molar-refractivity contribution in [2.75, 3.05) is 13.1 Å². The molecule has 7 nitrogen and oxygen atoms in total. The summed E-state index contributed by atoms with van der Waals surface area (Å²) in [5.74, 6) is -0.0524. The molecule has 2 aromatic rings. The van der Waals surface area contributed by atoms with E-state index in [0.717, 1.165) is 25.2 Å². The molecule has 0 aliphatic carbocycles. The Hall–Kier alpha value is -2.83. The predicted octanol–water partition coefficient (Wildman–Crippen LogP) is 2.52. The summed E-state index contributed by atoms with van der Waals surface area (Å²) < 4.78 is 2.05. The molecule has 1 atom stereocenters. The van der Waals surface area contributed by atoms with Gasteiger partial charge in [0.1, 0.15) is 5.82 Å². The maximum atomic E-state index is 12.3. The quantitative estimate of drug-likeness (QED) is 0.784. The first-order valence-corrected chi connectivity index (χ1v) is 9.28.